The number of aryl methyl sites for hydroxylation is 1. The minimum Gasteiger partial charge on any atom is -0.493 e. The molecule has 1 aliphatic carbocycles. The van der Waals surface area contributed by atoms with Crippen molar-refractivity contribution in [2.45, 2.75) is 55.6 Å². The lowest BCUT2D eigenvalue weighted by molar-refractivity contribution is -0.115. The van der Waals surface area contributed by atoms with Crippen molar-refractivity contribution in [1.29, 1.82) is 0 Å². The number of fused-ring (bicyclic) bond motifs is 1. The molecule has 0 fully saturated rings. The summed E-state index contributed by atoms with van der Waals surface area (Å²) in [5, 5.41) is 6.00. The number of carbonyl (C=O) groups excluding carboxylic acids is 3. The van der Waals surface area contributed by atoms with Gasteiger partial charge in [0, 0.05) is 21.0 Å². The topological polar surface area (TPSA) is 103 Å². The van der Waals surface area contributed by atoms with E-state index in [1.807, 2.05) is 25.1 Å². The van der Waals surface area contributed by atoms with Crippen molar-refractivity contribution in [3.63, 3.8) is 0 Å². The van der Waals surface area contributed by atoms with Crippen molar-refractivity contribution in [2.75, 3.05) is 32.0 Å². The van der Waals surface area contributed by atoms with Gasteiger partial charge in [-0.15, -0.1) is 23.1 Å². The zero-order valence-electron chi connectivity index (χ0n) is 23.1. The van der Waals surface area contributed by atoms with Crippen LogP contribution in [0, 0.1) is 0 Å². The Bertz CT molecular complexity index is 1390. The predicted molar refractivity (Wildman–Crippen MR) is 159 cm³/mol. The van der Waals surface area contributed by atoms with Crippen LogP contribution >= 0.6 is 23.1 Å². The maximum Gasteiger partial charge on any atom is 0.341 e. The van der Waals surface area contributed by atoms with E-state index in [4.69, 9.17) is 14.2 Å². The largest absolute Gasteiger partial charge is 0.493 e. The fourth-order valence-corrected chi connectivity index (χ4v) is 6.83. The molecule has 0 saturated heterocycles. The molecule has 1 atom stereocenters. The summed E-state index contributed by atoms with van der Waals surface area (Å²) < 4.78 is 15.6. The first kappa shape index (κ1) is 29.5. The zero-order chi connectivity index (χ0) is 28.6. The lowest BCUT2D eigenvalue weighted by atomic mass is 9.96. The van der Waals surface area contributed by atoms with Crippen molar-refractivity contribution >= 4 is 51.6 Å². The molecular weight excluding hydrogens is 548 g/mol. The Morgan fingerprint density at radius 2 is 1.65 bits per heavy atom. The van der Waals surface area contributed by atoms with Crippen LogP contribution in [-0.2, 0) is 22.4 Å². The second-order valence-electron chi connectivity index (χ2n) is 9.41. The molecule has 0 spiro atoms. The van der Waals surface area contributed by atoms with Gasteiger partial charge >= 0.3 is 5.97 Å². The van der Waals surface area contributed by atoms with Crippen LogP contribution in [0.3, 0.4) is 0 Å². The van der Waals surface area contributed by atoms with Gasteiger partial charge in [0.2, 0.25) is 5.91 Å². The van der Waals surface area contributed by atoms with E-state index in [-0.39, 0.29) is 11.8 Å². The molecule has 40 heavy (non-hydrogen) atoms. The normalized spacial score (nSPS) is 13.7. The van der Waals surface area contributed by atoms with Crippen LogP contribution in [0.2, 0.25) is 0 Å². The number of rotatable bonds is 9. The highest BCUT2D eigenvalue weighted by atomic mass is 32.2. The number of hydrogen-bond donors (Lipinski definition) is 2. The van der Waals surface area contributed by atoms with Crippen molar-refractivity contribution in [2.24, 2.45) is 0 Å². The SMILES string of the molecule is COC(=O)c1c(NC(=O)C(C)Sc2cccc(NC(=O)c3ccc(OC)c(OC)c3)c2)sc2c1CCCCCC2. The minimum atomic E-state index is -0.452. The van der Waals surface area contributed by atoms with E-state index < -0.39 is 11.2 Å². The third-order valence-corrected chi connectivity index (χ3v) is 9.02. The molecule has 0 bridgehead atoms. The van der Waals surface area contributed by atoms with Gasteiger partial charge in [0.15, 0.2) is 11.5 Å². The Hall–Kier alpha value is -3.50. The predicted octanol–water partition coefficient (Wildman–Crippen LogP) is 6.58. The molecule has 0 radical (unpaired) electrons. The summed E-state index contributed by atoms with van der Waals surface area (Å²) in [4.78, 5) is 40.7. The second-order valence-corrected chi connectivity index (χ2v) is 11.9. The molecule has 1 unspecified atom stereocenters. The van der Waals surface area contributed by atoms with E-state index in [0.717, 1.165) is 47.4 Å². The molecular formula is C30H34N2O6S2. The average molecular weight is 583 g/mol. The van der Waals surface area contributed by atoms with E-state index in [9.17, 15) is 14.4 Å². The molecule has 1 aliphatic rings. The van der Waals surface area contributed by atoms with Gasteiger partial charge < -0.3 is 24.8 Å². The molecule has 2 N–H and O–H groups in total. The third-order valence-electron chi connectivity index (χ3n) is 6.72. The first-order chi connectivity index (χ1) is 19.3. The summed E-state index contributed by atoms with van der Waals surface area (Å²) in [5.41, 5.74) is 2.54. The first-order valence-corrected chi connectivity index (χ1v) is 14.9. The fraction of sp³-hybridized carbons (Fsp3) is 0.367. The summed E-state index contributed by atoms with van der Waals surface area (Å²) >= 11 is 2.86. The standard InChI is InChI=1S/C30H34N2O6S2/c1-18(27(33)32-29-26(30(35)38-4)22-12-7-5-6-8-13-25(22)40-29)39-21-11-9-10-20(17-21)31-28(34)19-14-15-23(36-2)24(16-19)37-3/h9-11,14-18H,5-8,12-13H2,1-4H3,(H,31,34)(H,32,33). The summed E-state index contributed by atoms with van der Waals surface area (Å²) in [7, 11) is 4.43. The van der Waals surface area contributed by atoms with Gasteiger partial charge in [0.25, 0.3) is 5.91 Å². The number of esters is 1. The molecule has 0 aliphatic heterocycles. The molecule has 10 heteroatoms. The van der Waals surface area contributed by atoms with E-state index in [1.165, 1.54) is 50.8 Å². The Kier molecular flexibility index (Phi) is 10.1. The van der Waals surface area contributed by atoms with E-state index >= 15 is 0 Å². The van der Waals surface area contributed by atoms with Crippen LogP contribution in [-0.4, -0.2) is 44.4 Å². The molecule has 1 heterocycles. The molecule has 2 amide bonds. The molecule has 8 nitrogen and oxygen atoms in total. The summed E-state index contributed by atoms with van der Waals surface area (Å²) in [6.07, 6.45) is 6.14. The molecule has 0 saturated carbocycles. The highest BCUT2D eigenvalue weighted by molar-refractivity contribution is 8.00. The number of ether oxygens (including phenoxy) is 3. The molecule has 4 rings (SSSR count). The molecule has 1 aromatic heterocycles. The van der Waals surface area contributed by atoms with Gasteiger partial charge in [0.1, 0.15) is 5.00 Å². The van der Waals surface area contributed by atoms with Gasteiger partial charge in [0.05, 0.1) is 32.1 Å². The van der Waals surface area contributed by atoms with Crippen LogP contribution in [0.15, 0.2) is 47.4 Å². The molecule has 2 aromatic carbocycles. The maximum absolute atomic E-state index is 13.2. The average Bonchev–Trinajstić information content (AvgIpc) is 3.27. The Labute approximate surface area is 242 Å². The lowest BCUT2D eigenvalue weighted by Gasteiger charge is -2.14. The number of nitrogens with one attached hydrogen (secondary N) is 2. The van der Waals surface area contributed by atoms with Crippen LogP contribution < -0.4 is 20.1 Å². The van der Waals surface area contributed by atoms with Crippen LogP contribution in [0.4, 0.5) is 10.7 Å². The van der Waals surface area contributed by atoms with Gasteiger partial charge in [-0.05, 0) is 74.6 Å². The zero-order valence-corrected chi connectivity index (χ0v) is 24.8. The van der Waals surface area contributed by atoms with Crippen LogP contribution in [0.5, 0.6) is 11.5 Å². The Balaban J connectivity index is 1.44. The third kappa shape index (κ3) is 6.98. The monoisotopic (exact) mass is 582 g/mol. The number of anilines is 2. The number of benzene rings is 2. The Morgan fingerprint density at radius 1 is 0.900 bits per heavy atom. The number of carbonyl (C=O) groups is 3. The maximum atomic E-state index is 13.2. The van der Waals surface area contributed by atoms with E-state index in [1.54, 1.807) is 24.3 Å². The highest BCUT2D eigenvalue weighted by Crippen LogP contribution is 2.38. The Morgan fingerprint density at radius 3 is 2.38 bits per heavy atom. The van der Waals surface area contributed by atoms with Gasteiger partial charge in [-0.3, -0.25) is 9.59 Å². The van der Waals surface area contributed by atoms with Gasteiger partial charge in [-0.25, -0.2) is 4.79 Å². The fourth-order valence-electron chi connectivity index (χ4n) is 4.62. The quantitative estimate of drug-likeness (QED) is 0.217. The van der Waals surface area contributed by atoms with Crippen LogP contribution in [0.25, 0.3) is 0 Å². The van der Waals surface area contributed by atoms with Crippen LogP contribution in [0.1, 0.15) is 63.8 Å². The summed E-state index contributed by atoms with van der Waals surface area (Å²) in [6, 6.07) is 12.3. The van der Waals surface area contributed by atoms with E-state index in [2.05, 4.69) is 10.6 Å². The van der Waals surface area contributed by atoms with Crippen molar-refractivity contribution in [3.8, 4) is 11.5 Å². The smallest absolute Gasteiger partial charge is 0.341 e. The van der Waals surface area contributed by atoms with E-state index in [0.29, 0.717) is 33.3 Å². The molecule has 3 aromatic rings. The van der Waals surface area contributed by atoms with Crippen molar-refractivity contribution < 1.29 is 28.6 Å². The lowest BCUT2D eigenvalue weighted by Crippen LogP contribution is -2.23. The number of methoxy groups -OCH3 is 3. The highest BCUT2D eigenvalue weighted by Gasteiger charge is 2.27. The number of thioether (sulfide) groups is 1. The summed E-state index contributed by atoms with van der Waals surface area (Å²) in [6.45, 7) is 1.82. The number of thiophene rings is 1. The number of amides is 2. The van der Waals surface area contributed by atoms with Gasteiger partial charge in [-0.2, -0.15) is 0 Å². The first-order valence-electron chi connectivity index (χ1n) is 13.2. The second kappa shape index (κ2) is 13.7. The van der Waals surface area contributed by atoms with Gasteiger partial charge in [-0.1, -0.05) is 18.9 Å². The van der Waals surface area contributed by atoms with Crippen molar-refractivity contribution in [3.05, 3.63) is 64.0 Å². The number of hydrogen-bond acceptors (Lipinski definition) is 8. The summed E-state index contributed by atoms with van der Waals surface area (Å²) in [5.74, 6) is 0.0951. The molecule has 212 valence electrons. The van der Waals surface area contributed by atoms with Crippen molar-refractivity contribution in [1.82, 2.24) is 0 Å². The minimum absolute atomic E-state index is 0.204.